The van der Waals surface area contributed by atoms with Gasteiger partial charge in [0.2, 0.25) is 11.8 Å². The van der Waals surface area contributed by atoms with Crippen molar-refractivity contribution in [3.8, 4) is 5.75 Å². The van der Waals surface area contributed by atoms with E-state index >= 15 is 0 Å². The number of fused-ring (bicyclic) bond motifs is 5. The number of ether oxygens (including phenoxy) is 1. The molecule has 3 aliphatic rings. The van der Waals surface area contributed by atoms with Crippen LogP contribution in [-0.4, -0.2) is 61.1 Å². The highest BCUT2D eigenvalue weighted by Gasteiger charge is 2.58. The number of carbonyl (C=O) groups is 2. The largest absolute Gasteiger partial charge is 0.497 e. The molecular formula is C23H31IN4O4. The number of halogens is 1. The van der Waals surface area contributed by atoms with Gasteiger partial charge in [-0.15, -0.1) is 24.0 Å². The molecule has 5 unspecified atom stereocenters. The fourth-order valence-corrected chi connectivity index (χ4v) is 4.92. The molecule has 2 fully saturated rings. The highest BCUT2D eigenvalue weighted by Crippen LogP contribution is 2.52. The summed E-state index contributed by atoms with van der Waals surface area (Å²) in [6.45, 7) is 3.52. The molecule has 0 radical (unpaired) electrons. The van der Waals surface area contributed by atoms with Crippen LogP contribution in [0.25, 0.3) is 0 Å². The van der Waals surface area contributed by atoms with Gasteiger partial charge in [-0.3, -0.25) is 19.5 Å². The van der Waals surface area contributed by atoms with E-state index in [4.69, 9.17) is 4.74 Å². The second kappa shape index (κ2) is 10.7. The Hall–Kier alpha value is -2.14. The molecule has 9 heteroatoms. The van der Waals surface area contributed by atoms with Crippen molar-refractivity contribution in [3.63, 3.8) is 0 Å². The maximum absolute atomic E-state index is 12.8. The molecular weight excluding hydrogens is 523 g/mol. The smallest absolute Gasteiger partial charge is 0.233 e. The number of hydrogen-bond donors (Lipinski definition) is 3. The third-order valence-corrected chi connectivity index (χ3v) is 6.46. The van der Waals surface area contributed by atoms with Crippen LogP contribution in [0.3, 0.4) is 0 Å². The lowest BCUT2D eigenvalue weighted by molar-refractivity contribution is -0.140. The summed E-state index contributed by atoms with van der Waals surface area (Å²) in [6, 6.07) is 7.21. The molecule has 0 aromatic heterocycles. The van der Waals surface area contributed by atoms with Crippen LogP contribution in [0.1, 0.15) is 25.0 Å². The van der Waals surface area contributed by atoms with E-state index in [-0.39, 0.29) is 66.0 Å². The van der Waals surface area contributed by atoms with E-state index in [1.165, 1.54) is 4.90 Å². The number of aliphatic hydroxyl groups is 1. The Labute approximate surface area is 205 Å². The average molecular weight is 554 g/mol. The van der Waals surface area contributed by atoms with Crippen molar-refractivity contribution in [2.24, 2.45) is 28.7 Å². The third kappa shape index (κ3) is 4.78. The van der Waals surface area contributed by atoms with Crippen molar-refractivity contribution in [2.75, 3.05) is 33.3 Å². The van der Waals surface area contributed by atoms with Crippen LogP contribution in [0.15, 0.2) is 41.4 Å². The molecule has 5 atom stereocenters. The summed E-state index contributed by atoms with van der Waals surface area (Å²) in [5.74, 6) is 1.32. The summed E-state index contributed by atoms with van der Waals surface area (Å²) >= 11 is 0. The van der Waals surface area contributed by atoms with Crippen molar-refractivity contribution in [1.82, 2.24) is 15.5 Å². The van der Waals surface area contributed by atoms with Crippen molar-refractivity contribution in [1.29, 1.82) is 0 Å². The van der Waals surface area contributed by atoms with Gasteiger partial charge in [0.25, 0.3) is 0 Å². The second-order valence-corrected chi connectivity index (χ2v) is 8.26. The van der Waals surface area contributed by atoms with Gasteiger partial charge in [0.1, 0.15) is 5.75 Å². The Kier molecular flexibility index (Phi) is 8.16. The molecule has 0 spiro atoms. The number of imide groups is 1. The Morgan fingerprint density at radius 1 is 1.16 bits per heavy atom. The van der Waals surface area contributed by atoms with Gasteiger partial charge in [0.15, 0.2) is 5.96 Å². The molecule has 1 aliphatic heterocycles. The molecule has 8 nitrogen and oxygen atoms in total. The Morgan fingerprint density at radius 3 is 2.34 bits per heavy atom. The first kappa shape index (κ1) is 24.5. The van der Waals surface area contributed by atoms with Gasteiger partial charge in [0, 0.05) is 19.6 Å². The molecule has 1 aromatic carbocycles. The third-order valence-electron chi connectivity index (χ3n) is 6.46. The van der Waals surface area contributed by atoms with E-state index in [2.05, 4.69) is 27.8 Å². The molecule has 1 heterocycles. The van der Waals surface area contributed by atoms with E-state index in [0.717, 1.165) is 17.7 Å². The Morgan fingerprint density at radius 2 is 1.78 bits per heavy atom. The number of methoxy groups -OCH3 is 1. The molecule has 2 amide bonds. The molecule has 32 heavy (non-hydrogen) atoms. The van der Waals surface area contributed by atoms with Crippen LogP contribution in [0.2, 0.25) is 0 Å². The fraction of sp³-hybridized carbons (Fsp3) is 0.522. The number of benzene rings is 1. The fourth-order valence-electron chi connectivity index (χ4n) is 4.92. The van der Waals surface area contributed by atoms with Crippen molar-refractivity contribution >= 4 is 41.8 Å². The van der Waals surface area contributed by atoms with Crippen LogP contribution in [-0.2, 0) is 9.59 Å². The van der Waals surface area contributed by atoms with E-state index in [1.807, 2.05) is 19.1 Å². The zero-order valence-electron chi connectivity index (χ0n) is 18.4. The topological polar surface area (TPSA) is 103 Å². The zero-order valence-corrected chi connectivity index (χ0v) is 20.7. The molecule has 2 bridgehead atoms. The highest BCUT2D eigenvalue weighted by atomic mass is 127. The number of nitrogens with zero attached hydrogens (tertiary/aromatic N) is 2. The molecule has 4 rings (SSSR count). The lowest BCUT2D eigenvalue weighted by atomic mass is 9.85. The van der Waals surface area contributed by atoms with Crippen LogP contribution in [0.4, 0.5) is 0 Å². The minimum absolute atomic E-state index is 0. The first-order chi connectivity index (χ1) is 15.0. The zero-order chi connectivity index (χ0) is 22.0. The standard InChI is InChI=1S/C23H30N4O4.HI/c1-3-24-23(26-13-18(28)14-6-8-17(31-2)9-7-14)25-10-11-27-21(29)19-15-4-5-16(12-15)20(19)22(27)30;/h4-9,15-16,18-20,28H,3,10-13H2,1-2H3,(H2,24,25,26);1H. The predicted molar refractivity (Wildman–Crippen MR) is 132 cm³/mol. The van der Waals surface area contributed by atoms with Crippen LogP contribution in [0.5, 0.6) is 5.75 Å². The number of nitrogens with one attached hydrogen (secondary N) is 2. The maximum atomic E-state index is 12.8. The lowest BCUT2D eigenvalue weighted by Crippen LogP contribution is -2.43. The number of allylic oxidation sites excluding steroid dienone is 2. The average Bonchev–Trinajstić information content (AvgIpc) is 3.47. The molecule has 2 aliphatic carbocycles. The van der Waals surface area contributed by atoms with Crippen LogP contribution in [0, 0.1) is 23.7 Å². The second-order valence-electron chi connectivity index (χ2n) is 8.26. The summed E-state index contributed by atoms with van der Waals surface area (Å²) in [5, 5.41) is 16.7. The first-order valence-electron chi connectivity index (χ1n) is 10.9. The molecule has 3 N–H and O–H groups in total. The number of hydrogen-bond acceptors (Lipinski definition) is 5. The minimum Gasteiger partial charge on any atom is -0.497 e. The van der Waals surface area contributed by atoms with Gasteiger partial charge >= 0.3 is 0 Å². The monoisotopic (exact) mass is 554 g/mol. The number of aliphatic imine (C=N–C) groups is 1. The summed E-state index contributed by atoms with van der Waals surface area (Å²) < 4.78 is 5.14. The van der Waals surface area contributed by atoms with Crippen molar-refractivity contribution in [2.45, 2.75) is 19.4 Å². The van der Waals surface area contributed by atoms with Crippen molar-refractivity contribution in [3.05, 3.63) is 42.0 Å². The van der Waals surface area contributed by atoms with Crippen LogP contribution >= 0.6 is 24.0 Å². The summed E-state index contributed by atoms with van der Waals surface area (Å²) in [4.78, 5) is 31.4. The van der Waals surface area contributed by atoms with E-state index < -0.39 is 6.10 Å². The number of amides is 2. The first-order valence-corrected chi connectivity index (χ1v) is 10.9. The predicted octanol–water partition coefficient (Wildman–Crippen LogP) is 1.71. The van der Waals surface area contributed by atoms with Gasteiger partial charge < -0.3 is 20.5 Å². The molecule has 1 aromatic rings. The molecule has 1 saturated heterocycles. The number of carbonyl (C=O) groups excluding carboxylic acids is 2. The lowest BCUT2D eigenvalue weighted by Gasteiger charge is -2.19. The van der Waals surface area contributed by atoms with E-state index in [9.17, 15) is 14.7 Å². The van der Waals surface area contributed by atoms with Gasteiger partial charge in [-0.05, 0) is 42.9 Å². The Balaban J connectivity index is 0.00000289. The number of rotatable bonds is 8. The van der Waals surface area contributed by atoms with Gasteiger partial charge in [-0.1, -0.05) is 24.3 Å². The quantitative estimate of drug-likeness (QED) is 0.149. The molecule has 1 saturated carbocycles. The van der Waals surface area contributed by atoms with Crippen LogP contribution < -0.4 is 15.4 Å². The van der Waals surface area contributed by atoms with E-state index in [0.29, 0.717) is 25.6 Å². The van der Waals surface area contributed by atoms with Gasteiger partial charge in [-0.2, -0.15) is 0 Å². The number of guanidine groups is 1. The highest BCUT2D eigenvalue weighted by molar-refractivity contribution is 14.0. The summed E-state index contributed by atoms with van der Waals surface area (Å²) in [7, 11) is 1.60. The number of likely N-dealkylation sites (tertiary alicyclic amines) is 1. The van der Waals surface area contributed by atoms with E-state index in [1.54, 1.807) is 19.2 Å². The maximum Gasteiger partial charge on any atom is 0.233 e. The van der Waals surface area contributed by atoms with Gasteiger partial charge in [-0.25, -0.2) is 0 Å². The van der Waals surface area contributed by atoms with Gasteiger partial charge in [0.05, 0.1) is 31.6 Å². The van der Waals surface area contributed by atoms with Crippen molar-refractivity contribution < 1.29 is 19.4 Å². The SMILES string of the molecule is CCNC(=NCC(O)c1ccc(OC)cc1)NCCN1C(=O)C2C3C=CC(C3)C2C1=O.I. The minimum atomic E-state index is -0.745. The molecule has 174 valence electrons. The summed E-state index contributed by atoms with van der Waals surface area (Å²) in [6.07, 6.45) is 4.39. The Bertz CT molecular complexity index is 858. The number of aliphatic hydroxyl groups excluding tert-OH is 1. The summed E-state index contributed by atoms with van der Waals surface area (Å²) in [5.41, 5.74) is 0.753. The normalized spacial score (nSPS) is 26.7.